The number of carbonyl (C=O) groups excluding carboxylic acids is 1. The highest BCUT2D eigenvalue weighted by Crippen LogP contribution is 2.29. The van der Waals surface area contributed by atoms with Crippen molar-refractivity contribution in [3.63, 3.8) is 0 Å². The Morgan fingerprint density at radius 2 is 2.08 bits per heavy atom. The third-order valence-corrected chi connectivity index (χ3v) is 5.55. The number of esters is 1. The monoisotopic (exact) mass is 354 g/mol. The molecule has 1 aliphatic rings. The third kappa shape index (κ3) is 3.62. The molecule has 0 spiro atoms. The van der Waals surface area contributed by atoms with Crippen LogP contribution in [-0.2, 0) is 19.6 Å². The molecule has 1 heterocycles. The molecule has 0 radical (unpaired) electrons. The molecule has 1 aliphatic heterocycles. The van der Waals surface area contributed by atoms with Gasteiger partial charge in [0, 0.05) is 12.6 Å². The van der Waals surface area contributed by atoms with Crippen LogP contribution >= 0.6 is 0 Å². The van der Waals surface area contributed by atoms with E-state index in [0.29, 0.717) is 6.42 Å². The van der Waals surface area contributed by atoms with E-state index in [2.05, 4.69) is 0 Å². The lowest BCUT2D eigenvalue weighted by molar-refractivity contribution is -0.387. The summed E-state index contributed by atoms with van der Waals surface area (Å²) in [5, 5.41) is 11.2. The van der Waals surface area contributed by atoms with Gasteiger partial charge in [-0.3, -0.25) is 14.9 Å². The van der Waals surface area contributed by atoms with Crippen LogP contribution in [-0.4, -0.2) is 42.8 Å². The third-order valence-electron chi connectivity index (χ3n) is 3.60. The van der Waals surface area contributed by atoms with Gasteiger partial charge in [0.2, 0.25) is 0 Å². The van der Waals surface area contributed by atoms with Gasteiger partial charge >= 0.3 is 5.97 Å². The van der Waals surface area contributed by atoms with Gasteiger partial charge in [0.15, 0.2) is 4.90 Å². The molecule has 1 unspecified atom stereocenters. The Hall–Kier alpha value is -2.26. The first-order valence-corrected chi connectivity index (χ1v) is 8.90. The number of nitro groups is 1. The van der Waals surface area contributed by atoms with E-state index < -0.39 is 37.5 Å². The standard InChI is InChI=1S/C15H18N2O6S/c1-2-23-15(18)13-9-4-3-7-11-16(13)24(21,22)14-10-6-5-8-12(14)17(19)20/h3-6,8,10,13H,2,7,9,11H2,1H3. The van der Waals surface area contributed by atoms with Gasteiger partial charge in [0.05, 0.1) is 11.5 Å². The lowest BCUT2D eigenvalue weighted by atomic mass is 10.2. The molecule has 1 aromatic carbocycles. The smallest absolute Gasteiger partial charge is 0.324 e. The first-order valence-electron chi connectivity index (χ1n) is 7.46. The maximum atomic E-state index is 13.0. The number of ether oxygens (including phenoxy) is 1. The Labute approximate surface area is 139 Å². The minimum atomic E-state index is -4.22. The zero-order chi connectivity index (χ0) is 17.7. The van der Waals surface area contributed by atoms with Gasteiger partial charge in [0.25, 0.3) is 15.7 Å². The Balaban J connectivity index is 2.49. The molecular weight excluding hydrogens is 336 g/mol. The van der Waals surface area contributed by atoms with Crippen molar-refractivity contribution in [1.82, 2.24) is 4.31 Å². The molecule has 2 rings (SSSR count). The number of benzene rings is 1. The summed E-state index contributed by atoms with van der Waals surface area (Å²) >= 11 is 0. The second-order valence-corrected chi connectivity index (χ2v) is 6.96. The van der Waals surface area contributed by atoms with Crippen molar-refractivity contribution in [2.24, 2.45) is 0 Å². The summed E-state index contributed by atoms with van der Waals surface area (Å²) in [5.74, 6) is -0.661. The highest BCUT2D eigenvalue weighted by molar-refractivity contribution is 7.89. The molecule has 0 aromatic heterocycles. The number of para-hydroxylation sites is 1. The Morgan fingerprint density at radius 3 is 2.75 bits per heavy atom. The number of nitro benzene ring substituents is 1. The van der Waals surface area contributed by atoms with Crippen LogP contribution in [0.5, 0.6) is 0 Å². The van der Waals surface area contributed by atoms with Crippen molar-refractivity contribution >= 4 is 21.7 Å². The number of sulfonamides is 1. The van der Waals surface area contributed by atoms with E-state index in [-0.39, 0.29) is 19.6 Å². The highest BCUT2D eigenvalue weighted by atomic mass is 32.2. The zero-order valence-corrected chi connectivity index (χ0v) is 13.9. The van der Waals surface area contributed by atoms with Crippen LogP contribution in [0.15, 0.2) is 41.3 Å². The van der Waals surface area contributed by atoms with Gasteiger partial charge in [-0.15, -0.1) is 0 Å². The molecule has 1 aromatic rings. The molecule has 0 saturated carbocycles. The van der Waals surface area contributed by atoms with Gasteiger partial charge < -0.3 is 4.74 Å². The molecule has 24 heavy (non-hydrogen) atoms. The van der Waals surface area contributed by atoms with Crippen LogP contribution < -0.4 is 0 Å². The van der Waals surface area contributed by atoms with Gasteiger partial charge in [-0.1, -0.05) is 24.3 Å². The average molecular weight is 354 g/mol. The molecule has 9 heteroatoms. The number of hydrogen-bond acceptors (Lipinski definition) is 6. The number of nitrogens with zero attached hydrogens (tertiary/aromatic N) is 2. The van der Waals surface area contributed by atoms with Crippen molar-refractivity contribution in [2.45, 2.75) is 30.7 Å². The molecule has 0 bridgehead atoms. The minimum absolute atomic E-state index is 0.0500. The Morgan fingerprint density at radius 1 is 1.38 bits per heavy atom. The quantitative estimate of drug-likeness (QED) is 0.346. The van der Waals surface area contributed by atoms with Crippen LogP contribution in [0.2, 0.25) is 0 Å². The molecule has 0 fully saturated rings. The predicted octanol–water partition coefficient (Wildman–Crippen LogP) is 1.87. The van der Waals surface area contributed by atoms with Crippen LogP contribution in [0.4, 0.5) is 5.69 Å². The van der Waals surface area contributed by atoms with Crippen LogP contribution in [0.3, 0.4) is 0 Å². The van der Waals surface area contributed by atoms with Crippen molar-refractivity contribution in [2.75, 3.05) is 13.2 Å². The Bertz CT molecular complexity index is 759. The normalized spacial score (nSPS) is 18.8. The molecule has 8 nitrogen and oxygen atoms in total. The minimum Gasteiger partial charge on any atom is -0.465 e. The van der Waals surface area contributed by atoms with Gasteiger partial charge in [-0.25, -0.2) is 8.42 Å². The van der Waals surface area contributed by atoms with Crippen molar-refractivity contribution < 1.29 is 22.9 Å². The SMILES string of the molecule is CCOC(=O)C1CC=CCCN1S(=O)(=O)c1ccccc1[N+](=O)[O-]. The molecule has 0 N–H and O–H groups in total. The fourth-order valence-electron chi connectivity index (χ4n) is 2.51. The predicted molar refractivity (Wildman–Crippen MR) is 85.8 cm³/mol. The van der Waals surface area contributed by atoms with Crippen LogP contribution in [0.1, 0.15) is 19.8 Å². The summed E-state index contributed by atoms with van der Waals surface area (Å²) in [6.07, 6.45) is 4.08. The van der Waals surface area contributed by atoms with E-state index in [1.165, 1.54) is 18.2 Å². The first kappa shape index (κ1) is 18.1. The van der Waals surface area contributed by atoms with Crippen molar-refractivity contribution in [3.05, 3.63) is 46.5 Å². The molecule has 0 amide bonds. The molecule has 0 aliphatic carbocycles. The van der Waals surface area contributed by atoms with E-state index in [1.807, 2.05) is 0 Å². The van der Waals surface area contributed by atoms with Crippen molar-refractivity contribution in [1.29, 1.82) is 0 Å². The lowest BCUT2D eigenvalue weighted by Gasteiger charge is -2.27. The van der Waals surface area contributed by atoms with E-state index in [4.69, 9.17) is 4.74 Å². The maximum absolute atomic E-state index is 13.0. The second kappa shape index (κ2) is 7.54. The summed E-state index contributed by atoms with van der Waals surface area (Å²) in [7, 11) is -4.22. The summed E-state index contributed by atoms with van der Waals surface area (Å²) in [4.78, 5) is 22.1. The van der Waals surface area contributed by atoms with E-state index in [9.17, 15) is 23.3 Å². The first-order chi connectivity index (χ1) is 11.4. The lowest BCUT2D eigenvalue weighted by Crippen LogP contribution is -2.45. The zero-order valence-electron chi connectivity index (χ0n) is 13.1. The summed E-state index contributed by atoms with van der Waals surface area (Å²) < 4.78 is 31.9. The molecule has 1 atom stereocenters. The fraction of sp³-hybridized carbons (Fsp3) is 0.400. The van der Waals surface area contributed by atoms with Crippen LogP contribution in [0, 0.1) is 10.1 Å². The van der Waals surface area contributed by atoms with E-state index in [0.717, 1.165) is 10.4 Å². The topological polar surface area (TPSA) is 107 Å². The highest BCUT2D eigenvalue weighted by Gasteiger charge is 2.39. The Kier molecular flexibility index (Phi) is 5.68. The van der Waals surface area contributed by atoms with Gasteiger partial charge in [-0.2, -0.15) is 4.31 Å². The summed E-state index contributed by atoms with van der Waals surface area (Å²) in [5.41, 5.74) is -0.516. The molecule has 130 valence electrons. The number of rotatable bonds is 5. The average Bonchev–Trinajstić information content (AvgIpc) is 2.81. The number of carbonyl (C=O) groups is 1. The summed E-state index contributed by atoms with van der Waals surface area (Å²) in [6.45, 7) is 1.80. The van der Waals surface area contributed by atoms with Gasteiger partial charge in [-0.05, 0) is 25.8 Å². The largest absolute Gasteiger partial charge is 0.465 e. The van der Waals surface area contributed by atoms with E-state index in [1.54, 1.807) is 19.1 Å². The van der Waals surface area contributed by atoms with Gasteiger partial charge in [0.1, 0.15) is 6.04 Å². The van der Waals surface area contributed by atoms with Crippen LogP contribution in [0.25, 0.3) is 0 Å². The molecular formula is C15H18N2O6S. The van der Waals surface area contributed by atoms with E-state index >= 15 is 0 Å². The van der Waals surface area contributed by atoms with Crippen molar-refractivity contribution in [3.8, 4) is 0 Å². The second-order valence-electron chi connectivity index (χ2n) is 5.10. The summed E-state index contributed by atoms with van der Waals surface area (Å²) in [6, 6.07) is 4.07. The maximum Gasteiger partial charge on any atom is 0.324 e. The molecule has 0 saturated heterocycles. The fourth-order valence-corrected chi connectivity index (χ4v) is 4.27. The number of hydrogen-bond donors (Lipinski definition) is 0.